The third kappa shape index (κ3) is 4.08. The summed E-state index contributed by atoms with van der Waals surface area (Å²) in [6.07, 6.45) is 0. The third-order valence-electron chi connectivity index (χ3n) is 4.33. The fraction of sp³-hybridized carbons (Fsp3) is 0.333. The summed E-state index contributed by atoms with van der Waals surface area (Å²) in [5, 5.41) is 0. The Labute approximate surface area is 156 Å². The van der Waals surface area contributed by atoms with Gasteiger partial charge in [-0.05, 0) is 55.3 Å². The summed E-state index contributed by atoms with van der Waals surface area (Å²) < 4.78 is 54.1. The lowest BCUT2D eigenvalue weighted by Crippen LogP contribution is -2.30. The van der Waals surface area contributed by atoms with Crippen LogP contribution in [0.5, 0.6) is 0 Å². The summed E-state index contributed by atoms with van der Waals surface area (Å²) in [6.45, 7) is 7.97. The Balaban J connectivity index is 2.34. The molecule has 0 saturated carbocycles. The topological polar surface area (TPSA) is 83.6 Å². The lowest BCUT2D eigenvalue weighted by Gasteiger charge is -2.18. The Morgan fingerprint density at radius 3 is 1.92 bits per heavy atom. The number of rotatable bonds is 7. The predicted molar refractivity (Wildman–Crippen MR) is 103 cm³/mol. The average molecular weight is 397 g/mol. The number of hydrogen-bond acceptors (Lipinski definition) is 4. The fourth-order valence-corrected chi connectivity index (χ4v) is 5.15. The van der Waals surface area contributed by atoms with Gasteiger partial charge in [0.25, 0.3) is 10.0 Å². The largest absolute Gasteiger partial charge is 0.279 e. The summed E-state index contributed by atoms with van der Waals surface area (Å²) in [5.41, 5.74) is 2.33. The number of nitrogens with zero attached hydrogens (tertiary/aromatic N) is 1. The van der Waals surface area contributed by atoms with E-state index in [1.165, 1.54) is 28.6 Å². The van der Waals surface area contributed by atoms with Crippen molar-refractivity contribution in [2.24, 2.45) is 0 Å². The van der Waals surface area contributed by atoms with Gasteiger partial charge in [0.15, 0.2) is 0 Å². The molecule has 8 heteroatoms. The summed E-state index contributed by atoms with van der Waals surface area (Å²) in [4.78, 5) is 0.0868. The Bertz CT molecular complexity index is 978. The molecule has 0 saturated heterocycles. The quantitative estimate of drug-likeness (QED) is 0.779. The zero-order chi connectivity index (χ0) is 19.5. The minimum absolute atomic E-state index is 0.0110. The van der Waals surface area contributed by atoms with Gasteiger partial charge in [-0.1, -0.05) is 26.0 Å². The van der Waals surface area contributed by atoms with Crippen LogP contribution in [-0.4, -0.2) is 34.2 Å². The van der Waals surface area contributed by atoms with Crippen LogP contribution in [0.1, 0.15) is 25.0 Å². The highest BCUT2D eigenvalue weighted by molar-refractivity contribution is 7.92. The zero-order valence-corrected chi connectivity index (χ0v) is 17.0. The van der Waals surface area contributed by atoms with Crippen molar-refractivity contribution in [2.45, 2.75) is 37.5 Å². The lowest BCUT2D eigenvalue weighted by atomic mass is 10.1. The Morgan fingerprint density at radius 1 is 0.846 bits per heavy atom. The van der Waals surface area contributed by atoms with Crippen LogP contribution < -0.4 is 4.72 Å². The van der Waals surface area contributed by atoms with E-state index in [-0.39, 0.29) is 9.79 Å². The molecule has 2 rings (SSSR count). The standard InChI is InChI=1S/C18H24N2O4S2/c1-5-20(6-2)26(23,24)17-12-10-16(11-13-17)25(21,22)19-18-9-7-8-14(3)15(18)4/h7-13,19H,5-6H2,1-4H3. The van der Waals surface area contributed by atoms with Gasteiger partial charge < -0.3 is 0 Å². The minimum Gasteiger partial charge on any atom is -0.279 e. The maximum absolute atomic E-state index is 12.6. The van der Waals surface area contributed by atoms with Crippen molar-refractivity contribution >= 4 is 25.7 Å². The van der Waals surface area contributed by atoms with E-state index in [0.29, 0.717) is 18.8 Å². The van der Waals surface area contributed by atoms with Gasteiger partial charge in [-0.2, -0.15) is 4.31 Å². The number of benzene rings is 2. The highest BCUT2D eigenvalue weighted by Gasteiger charge is 2.23. The number of nitrogens with one attached hydrogen (secondary N) is 1. The van der Waals surface area contributed by atoms with Gasteiger partial charge in [-0.3, -0.25) is 4.72 Å². The second-order valence-electron chi connectivity index (χ2n) is 5.91. The van der Waals surface area contributed by atoms with Gasteiger partial charge in [0.1, 0.15) is 0 Å². The molecule has 26 heavy (non-hydrogen) atoms. The van der Waals surface area contributed by atoms with Gasteiger partial charge in [0.2, 0.25) is 10.0 Å². The SMILES string of the molecule is CCN(CC)S(=O)(=O)c1ccc(S(=O)(=O)Nc2cccc(C)c2C)cc1. The van der Waals surface area contributed by atoms with Crippen molar-refractivity contribution in [3.63, 3.8) is 0 Å². The van der Waals surface area contributed by atoms with E-state index in [1.807, 2.05) is 19.9 Å². The number of sulfonamides is 2. The molecule has 1 N–H and O–H groups in total. The van der Waals surface area contributed by atoms with Crippen LogP contribution in [0.2, 0.25) is 0 Å². The highest BCUT2D eigenvalue weighted by atomic mass is 32.2. The number of anilines is 1. The van der Waals surface area contributed by atoms with Crippen LogP contribution in [0, 0.1) is 13.8 Å². The summed E-state index contributed by atoms with van der Waals surface area (Å²) in [5.74, 6) is 0. The molecule has 6 nitrogen and oxygen atoms in total. The van der Waals surface area contributed by atoms with Gasteiger partial charge in [0, 0.05) is 13.1 Å². The van der Waals surface area contributed by atoms with Crippen molar-refractivity contribution in [3.8, 4) is 0 Å². The summed E-state index contributed by atoms with van der Waals surface area (Å²) in [7, 11) is -7.42. The molecule has 0 unspecified atom stereocenters. The van der Waals surface area contributed by atoms with E-state index < -0.39 is 20.0 Å². The molecule has 0 fully saturated rings. The molecular formula is C18H24N2O4S2. The highest BCUT2D eigenvalue weighted by Crippen LogP contribution is 2.23. The molecule has 0 amide bonds. The van der Waals surface area contributed by atoms with Crippen molar-refractivity contribution < 1.29 is 16.8 Å². The van der Waals surface area contributed by atoms with Gasteiger partial charge in [-0.15, -0.1) is 0 Å². The van der Waals surface area contributed by atoms with Crippen molar-refractivity contribution in [3.05, 3.63) is 53.6 Å². The second-order valence-corrected chi connectivity index (χ2v) is 9.53. The van der Waals surface area contributed by atoms with Crippen LogP contribution in [0.4, 0.5) is 5.69 Å². The first-order valence-corrected chi connectivity index (χ1v) is 11.2. The van der Waals surface area contributed by atoms with Crippen molar-refractivity contribution in [2.75, 3.05) is 17.8 Å². The van der Waals surface area contributed by atoms with E-state index in [4.69, 9.17) is 0 Å². The predicted octanol–water partition coefficient (Wildman–Crippen LogP) is 3.13. The first-order chi connectivity index (χ1) is 12.1. The van der Waals surface area contributed by atoms with Gasteiger partial charge >= 0.3 is 0 Å². The van der Waals surface area contributed by atoms with E-state index >= 15 is 0 Å². The van der Waals surface area contributed by atoms with Crippen molar-refractivity contribution in [1.82, 2.24) is 4.31 Å². The first-order valence-electron chi connectivity index (χ1n) is 8.32. The Morgan fingerprint density at radius 2 is 1.38 bits per heavy atom. The molecule has 0 aromatic heterocycles. The van der Waals surface area contributed by atoms with E-state index in [9.17, 15) is 16.8 Å². The minimum atomic E-state index is -3.80. The third-order valence-corrected chi connectivity index (χ3v) is 7.77. The molecule has 0 bridgehead atoms. The molecular weight excluding hydrogens is 372 g/mol. The van der Waals surface area contributed by atoms with Crippen LogP contribution in [0.3, 0.4) is 0 Å². The molecule has 0 aliphatic rings. The summed E-state index contributed by atoms with van der Waals surface area (Å²) >= 11 is 0. The molecule has 0 aliphatic heterocycles. The van der Waals surface area contributed by atoms with E-state index in [0.717, 1.165) is 11.1 Å². The molecule has 0 atom stereocenters. The number of hydrogen-bond donors (Lipinski definition) is 1. The van der Waals surface area contributed by atoms with E-state index in [2.05, 4.69) is 4.72 Å². The average Bonchev–Trinajstić information content (AvgIpc) is 2.60. The monoisotopic (exact) mass is 396 g/mol. The van der Waals surface area contributed by atoms with Gasteiger partial charge in [-0.25, -0.2) is 16.8 Å². The molecule has 0 aliphatic carbocycles. The molecule has 2 aromatic carbocycles. The Hall–Kier alpha value is -1.90. The first kappa shape index (κ1) is 20.4. The summed E-state index contributed by atoms with van der Waals surface area (Å²) in [6, 6.07) is 10.6. The van der Waals surface area contributed by atoms with E-state index in [1.54, 1.807) is 26.0 Å². The molecule has 142 valence electrons. The molecule has 2 aromatic rings. The second kappa shape index (κ2) is 7.77. The van der Waals surface area contributed by atoms with Crippen LogP contribution in [0.15, 0.2) is 52.3 Å². The van der Waals surface area contributed by atoms with Crippen LogP contribution in [0.25, 0.3) is 0 Å². The van der Waals surface area contributed by atoms with Gasteiger partial charge in [0.05, 0.1) is 15.5 Å². The van der Waals surface area contributed by atoms with Crippen LogP contribution >= 0.6 is 0 Å². The fourth-order valence-electron chi connectivity index (χ4n) is 2.57. The van der Waals surface area contributed by atoms with Crippen LogP contribution in [-0.2, 0) is 20.0 Å². The number of aryl methyl sites for hydroxylation is 1. The van der Waals surface area contributed by atoms with Crippen molar-refractivity contribution in [1.29, 1.82) is 0 Å². The molecule has 0 radical (unpaired) electrons. The maximum Gasteiger partial charge on any atom is 0.261 e. The normalized spacial score (nSPS) is 12.3. The zero-order valence-electron chi connectivity index (χ0n) is 15.4. The smallest absolute Gasteiger partial charge is 0.261 e. The molecule has 0 spiro atoms. The Kier molecular flexibility index (Phi) is 6.10. The molecule has 0 heterocycles. The lowest BCUT2D eigenvalue weighted by molar-refractivity contribution is 0.445. The maximum atomic E-state index is 12.6.